The van der Waals surface area contributed by atoms with Gasteiger partial charge >= 0.3 is 5.97 Å². The van der Waals surface area contributed by atoms with Crippen molar-refractivity contribution in [3.05, 3.63) is 28.7 Å². The summed E-state index contributed by atoms with van der Waals surface area (Å²) in [4.78, 5) is 37.5. The lowest BCUT2D eigenvalue weighted by Crippen LogP contribution is -2.44. The van der Waals surface area contributed by atoms with E-state index in [-0.39, 0.29) is 24.8 Å². The molecule has 7 heteroatoms. The zero-order chi connectivity index (χ0) is 17.3. The second-order valence-electron chi connectivity index (χ2n) is 6.44. The van der Waals surface area contributed by atoms with E-state index in [1.807, 2.05) is 24.3 Å². The number of aliphatic carboxylic acids is 1. The third kappa shape index (κ3) is 3.77. The van der Waals surface area contributed by atoms with Crippen molar-refractivity contribution in [2.75, 3.05) is 11.4 Å². The van der Waals surface area contributed by atoms with Crippen LogP contribution in [-0.4, -0.2) is 35.5 Å². The molecule has 1 aromatic carbocycles. The summed E-state index contributed by atoms with van der Waals surface area (Å²) < 4.78 is 0.788. The number of para-hydroxylation sites is 1. The van der Waals surface area contributed by atoms with Gasteiger partial charge < -0.3 is 15.3 Å². The minimum absolute atomic E-state index is 0.100. The number of carboxylic acids is 1. The van der Waals surface area contributed by atoms with Gasteiger partial charge in [-0.15, -0.1) is 0 Å². The highest BCUT2D eigenvalue weighted by Crippen LogP contribution is 2.34. The van der Waals surface area contributed by atoms with Gasteiger partial charge in [-0.25, -0.2) is 4.79 Å². The SMILES string of the molecule is O=C(NC(CC1CC1)C(=O)O)C1CC(=O)N(c2ccccc2Br)C1. The maximum absolute atomic E-state index is 12.4. The summed E-state index contributed by atoms with van der Waals surface area (Å²) in [5, 5.41) is 11.9. The lowest BCUT2D eigenvalue weighted by Gasteiger charge is -2.19. The Bertz CT molecular complexity index is 674. The predicted octanol–water partition coefficient (Wildman–Crippen LogP) is 2.17. The maximum atomic E-state index is 12.4. The van der Waals surface area contributed by atoms with Crippen LogP contribution in [0.2, 0.25) is 0 Å². The summed E-state index contributed by atoms with van der Waals surface area (Å²) in [6.45, 7) is 0.267. The predicted molar refractivity (Wildman–Crippen MR) is 91.5 cm³/mol. The molecular weight excluding hydrogens is 376 g/mol. The van der Waals surface area contributed by atoms with Crippen LogP contribution in [0.15, 0.2) is 28.7 Å². The van der Waals surface area contributed by atoms with Crippen LogP contribution in [0, 0.1) is 11.8 Å². The molecule has 0 aromatic heterocycles. The number of halogens is 1. The number of carboxylic acid groups (broad SMARTS) is 1. The summed E-state index contributed by atoms with van der Waals surface area (Å²) in [5.41, 5.74) is 0.727. The molecule has 1 saturated carbocycles. The highest BCUT2D eigenvalue weighted by Gasteiger charge is 2.38. The van der Waals surface area contributed by atoms with Crippen LogP contribution in [0.1, 0.15) is 25.7 Å². The van der Waals surface area contributed by atoms with E-state index >= 15 is 0 Å². The zero-order valence-corrected chi connectivity index (χ0v) is 14.7. The number of nitrogens with zero attached hydrogens (tertiary/aromatic N) is 1. The van der Waals surface area contributed by atoms with E-state index < -0.39 is 17.9 Å². The average Bonchev–Trinajstić information content (AvgIpc) is 3.27. The van der Waals surface area contributed by atoms with Gasteiger partial charge in [0.2, 0.25) is 11.8 Å². The molecule has 0 bridgehead atoms. The Morgan fingerprint density at radius 2 is 2.04 bits per heavy atom. The summed E-state index contributed by atoms with van der Waals surface area (Å²) in [7, 11) is 0. The quantitative estimate of drug-likeness (QED) is 0.773. The van der Waals surface area contributed by atoms with Gasteiger partial charge in [-0.05, 0) is 40.4 Å². The molecule has 6 nitrogen and oxygen atoms in total. The number of rotatable bonds is 6. The molecule has 2 fully saturated rings. The van der Waals surface area contributed by atoms with Gasteiger partial charge in [0.15, 0.2) is 0 Å². The van der Waals surface area contributed by atoms with Gasteiger partial charge in [0.05, 0.1) is 11.6 Å². The van der Waals surface area contributed by atoms with E-state index in [4.69, 9.17) is 0 Å². The fourth-order valence-corrected chi connectivity index (χ4v) is 3.48. The lowest BCUT2D eigenvalue weighted by atomic mass is 10.1. The van der Waals surface area contributed by atoms with Gasteiger partial charge in [-0.1, -0.05) is 25.0 Å². The second kappa shape index (κ2) is 6.93. The molecule has 3 rings (SSSR count). The standard InChI is InChI=1S/C17H19BrN2O4/c18-12-3-1-2-4-14(12)20-9-11(8-15(20)21)16(22)19-13(17(23)24)7-10-5-6-10/h1-4,10-11,13H,5-9H2,(H,19,22)(H,23,24). The summed E-state index contributed by atoms with van der Waals surface area (Å²) in [6, 6.07) is 6.48. The molecule has 2 aliphatic rings. The minimum Gasteiger partial charge on any atom is -0.480 e. The normalized spacial score (nSPS) is 21.6. The largest absolute Gasteiger partial charge is 0.480 e. The Morgan fingerprint density at radius 3 is 2.67 bits per heavy atom. The first-order valence-corrected chi connectivity index (χ1v) is 8.83. The zero-order valence-electron chi connectivity index (χ0n) is 13.1. The van der Waals surface area contributed by atoms with Gasteiger partial charge in [-0.2, -0.15) is 0 Å². The van der Waals surface area contributed by atoms with Crippen LogP contribution in [0.5, 0.6) is 0 Å². The molecule has 1 heterocycles. The molecule has 24 heavy (non-hydrogen) atoms. The topological polar surface area (TPSA) is 86.7 Å². The average molecular weight is 395 g/mol. The summed E-state index contributed by atoms with van der Waals surface area (Å²) in [6.07, 6.45) is 2.62. The molecule has 1 aliphatic carbocycles. The van der Waals surface area contributed by atoms with Gasteiger partial charge in [0.1, 0.15) is 6.04 Å². The molecule has 2 amide bonds. The van der Waals surface area contributed by atoms with Crippen molar-refractivity contribution in [2.24, 2.45) is 11.8 Å². The number of carbonyl (C=O) groups is 3. The first-order chi connectivity index (χ1) is 11.5. The van der Waals surface area contributed by atoms with Crippen LogP contribution in [0.4, 0.5) is 5.69 Å². The number of benzene rings is 1. The van der Waals surface area contributed by atoms with E-state index in [2.05, 4.69) is 21.2 Å². The van der Waals surface area contributed by atoms with E-state index in [1.165, 1.54) is 0 Å². The van der Waals surface area contributed by atoms with Crippen molar-refractivity contribution in [2.45, 2.75) is 31.7 Å². The third-order valence-corrected chi connectivity index (χ3v) is 5.19. The molecule has 1 saturated heterocycles. The van der Waals surface area contributed by atoms with E-state index in [0.717, 1.165) is 23.0 Å². The monoisotopic (exact) mass is 394 g/mol. The van der Waals surface area contributed by atoms with Gasteiger partial charge in [-0.3, -0.25) is 9.59 Å². The number of amides is 2. The Morgan fingerprint density at radius 1 is 1.33 bits per heavy atom. The van der Waals surface area contributed by atoms with Crippen LogP contribution in [-0.2, 0) is 14.4 Å². The molecule has 1 aliphatic heterocycles. The molecule has 0 spiro atoms. The summed E-state index contributed by atoms with van der Waals surface area (Å²) >= 11 is 3.41. The van der Waals surface area contributed by atoms with Gasteiger partial charge in [0, 0.05) is 17.4 Å². The molecule has 2 unspecified atom stereocenters. The van der Waals surface area contributed by atoms with Crippen LogP contribution < -0.4 is 10.2 Å². The third-order valence-electron chi connectivity index (χ3n) is 4.52. The van der Waals surface area contributed by atoms with Crippen molar-refractivity contribution in [3.8, 4) is 0 Å². The number of anilines is 1. The minimum atomic E-state index is -1.01. The fraction of sp³-hybridized carbons (Fsp3) is 0.471. The second-order valence-corrected chi connectivity index (χ2v) is 7.29. The molecule has 128 valence electrons. The molecule has 2 N–H and O–H groups in total. The van der Waals surface area contributed by atoms with Crippen LogP contribution in [0.25, 0.3) is 0 Å². The number of carbonyl (C=O) groups excluding carboxylic acids is 2. The Hall–Kier alpha value is -1.89. The van der Waals surface area contributed by atoms with Crippen LogP contribution >= 0.6 is 15.9 Å². The van der Waals surface area contributed by atoms with Crippen molar-refractivity contribution in [3.63, 3.8) is 0 Å². The first-order valence-electron chi connectivity index (χ1n) is 8.03. The number of nitrogens with one attached hydrogen (secondary N) is 1. The van der Waals surface area contributed by atoms with Gasteiger partial charge in [0.25, 0.3) is 0 Å². The van der Waals surface area contributed by atoms with Crippen molar-refractivity contribution >= 4 is 39.4 Å². The number of hydrogen-bond acceptors (Lipinski definition) is 3. The van der Waals surface area contributed by atoms with E-state index in [9.17, 15) is 19.5 Å². The smallest absolute Gasteiger partial charge is 0.326 e. The molecular formula is C17H19BrN2O4. The number of hydrogen-bond donors (Lipinski definition) is 2. The lowest BCUT2D eigenvalue weighted by molar-refractivity contribution is -0.142. The highest BCUT2D eigenvalue weighted by atomic mass is 79.9. The van der Waals surface area contributed by atoms with E-state index in [1.54, 1.807) is 4.90 Å². The highest BCUT2D eigenvalue weighted by molar-refractivity contribution is 9.10. The Labute approximate surface area is 148 Å². The van der Waals surface area contributed by atoms with E-state index in [0.29, 0.717) is 12.3 Å². The Kier molecular flexibility index (Phi) is 4.89. The first kappa shape index (κ1) is 17.0. The van der Waals surface area contributed by atoms with Crippen molar-refractivity contribution < 1.29 is 19.5 Å². The molecule has 0 radical (unpaired) electrons. The van der Waals surface area contributed by atoms with Crippen LogP contribution in [0.3, 0.4) is 0 Å². The maximum Gasteiger partial charge on any atom is 0.326 e. The fourth-order valence-electron chi connectivity index (χ4n) is 2.98. The summed E-state index contributed by atoms with van der Waals surface area (Å²) in [5.74, 6) is -1.62. The van der Waals surface area contributed by atoms with Crippen molar-refractivity contribution in [1.82, 2.24) is 5.32 Å². The molecule has 2 atom stereocenters. The van der Waals surface area contributed by atoms with Crippen molar-refractivity contribution in [1.29, 1.82) is 0 Å². The Balaban J connectivity index is 1.65. The molecule has 1 aromatic rings.